The van der Waals surface area contributed by atoms with Gasteiger partial charge in [0.1, 0.15) is 6.33 Å². The Balaban J connectivity index is 2.06. The Hall–Kier alpha value is -2.76. The molecule has 25 heavy (non-hydrogen) atoms. The second kappa shape index (κ2) is 5.95. The lowest BCUT2D eigenvalue weighted by atomic mass is 10.1. The largest absolute Gasteiger partial charge is 0.336 e. The van der Waals surface area contributed by atoms with Gasteiger partial charge in [0.2, 0.25) is 0 Å². The molecule has 5 nitrogen and oxygen atoms in total. The van der Waals surface area contributed by atoms with Gasteiger partial charge in [-0.2, -0.15) is 0 Å². The quantitative estimate of drug-likeness (QED) is 0.524. The van der Waals surface area contributed by atoms with E-state index in [-0.39, 0.29) is 5.49 Å². The lowest BCUT2D eigenvalue weighted by Gasteiger charge is -2.05. The van der Waals surface area contributed by atoms with Crippen LogP contribution in [0.4, 0.5) is 0 Å². The first-order valence-electron chi connectivity index (χ1n) is 7.49. The van der Waals surface area contributed by atoms with Gasteiger partial charge in [0.25, 0.3) is 0 Å². The van der Waals surface area contributed by atoms with Crippen molar-refractivity contribution in [2.45, 2.75) is 0 Å². The van der Waals surface area contributed by atoms with Crippen molar-refractivity contribution in [3.63, 3.8) is 0 Å². The molecule has 0 saturated heterocycles. The Bertz CT molecular complexity index is 1130. The van der Waals surface area contributed by atoms with E-state index in [0.717, 1.165) is 16.8 Å². The van der Waals surface area contributed by atoms with E-state index in [1.165, 1.54) is 11.0 Å². The van der Waals surface area contributed by atoms with Crippen molar-refractivity contribution < 1.29 is 0 Å². The Morgan fingerprint density at radius 1 is 0.920 bits per heavy atom. The fourth-order valence-electron chi connectivity index (χ4n) is 2.81. The molecule has 3 N–H and O–H groups in total. The third-order valence-corrected chi connectivity index (χ3v) is 4.54. The Morgan fingerprint density at radius 3 is 2.16 bits per heavy atom. The number of fused-ring (bicyclic) bond motifs is 1. The maximum Gasteiger partial charge on any atom is 0.156 e. The summed E-state index contributed by atoms with van der Waals surface area (Å²) in [5, 5.41) is 10.4. The zero-order valence-electron chi connectivity index (χ0n) is 12.9. The van der Waals surface area contributed by atoms with Gasteiger partial charge in [-0.25, -0.2) is 9.66 Å². The van der Waals surface area contributed by atoms with Gasteiger partial charge in [-0.3, -0.25) is 5.41 Å². The van der Waals surface area contributed by atoms with Crippen LogP contribution in [0.2, 0.25) is 10.0 Å². The molecule has 0 aliphatic carbocycles. The number of nitrogens with zero attached hydrogens (tertiary/aromatic N) is 3. The Morgan fingerprint density at radius 2 is 1.52 bits per heavy atom. The highest BCUT2D eigenvalue weighted by atomic mass is 35.5. The summed E-state index contributed by atoms with van der Waals surface area (Å²) in [5.74, 6) is 5.84. The zero-order valence-corrected chi connectivity index (χ0v) is 14.5. The molecule has 0 spiro atoms. The highest BCUT2D eigenvalue weighted by Gasteiger charge is 2.15. The molecule has 4 aromatic rings. The van der Waals surface area contributed by atoms with Crippen LogP contribution in [0, 0.1) is 5.41 Å². The molecule has 0 amide bonds. The fourth-order valence-corrected chi connectivity index (χ4v) is 3.06. The van der Waals surface area contributed by atoms with Crippen LogP contribution < -0.4 is 11.3 Å². The van der Waals surface area contributed by atoms with Crippen LogP contribution in [-0.4, -0.2) is 14.2 Å². The molecule has 0 aliphatic heterocycles. The minimum atomic E-state index is 0.183. The van der Waals surface area contributed by atoms with Gasteiger partial charge in [-0.05, 0) is 42.0 Å². The van der Waals surface area contributed by atoms with Gasteiger partial charge in [-0.15, -0.1) is 0 Å². The molecule has 2 aromatic heterocycles. The minimum Gasteiger partial charge on any atom is -0.336 e. The fraction of sp³-hybridized carbons (Fsp3) is 0. The van der Waals surface area contributed by atoms with E-state index in [2.05, 4.69) is 4.98 Å². The lowest BCUT2D eigenvalue weighted by Crippen LogP contribution is -2.27. The predicted octanol–water partition coefficient (Wildman–Crippen LogP) is 3.99. The number of hydrogen-bond donors (Lipinski definition) is 2. The number of nitrogens with two attached hydrogens (primary N) is 1. The number of halogens is 2. The maximum absolute atomic E-state index is 8.37. The number of aromatic nitrogens is 3. The van der Waals surface area contributed by atoms with Crippen molar-refractivity contribution >= 4 is 34.2 Å². The average Bonchev–Trinajstić information content (AvgIpc) is 3.00. The topological polar surface area (TPSA) is 72.6 Å². The van der Waals surface area contributed by atoms with Crippen LogP contribution in [0.3, 0.4) is 0 Å². The Kier molecular flexibility index (Phi) is 3.75. The SMILES string of the molecule is N=c1c2c(-c3ccc(Cl)cc3)cn(-c3ccc(Cl)cc3)c2ncn1N. The molecule has 0 atom stereocenters. The van der Waals surface area contributed by atoms with Gasteiger partial charge in [0.05, 0.1) is 5.39 Å². The molecule has 0 fully saturated rings. The highest BCUT2D eigenvalue weighted by molar-refractivity contribution is 6.30. The van der Waals surface area contributed by atoms with E-state index in [9.17, 15) is 0 Å². The van der Waals surface area contributed by atoms with E-state index >= 15 is 0 Å². The number of hydrogen-bond acceptors (Lipinski definition) is 3. The summed E-state index contributed by atoms with van der Waals surface area (Å²) >= 11 is 12.0. The van der Waals surface area contributed by atoms with Crippen molar-refractivity contribution in [2.24, 2.45) is 0 Å². The van der Waals surface area contributed by atoms with Gasteiger partial charge >= 0.3 is 0 Å². The summed E-state index contributed by atoms with van der Waals surface area (Å²) in [6, 6.07) is 14.9. The van der Waals surface area contributed by atoms with E-state index in [1.54, 1.807) is 0 Å². The average molecular weight is 370 g/mol. The summed E-state index contributed by atoms with van der Waals surface area (Å²) in [7, 11) is 0. The van der Waals surface area contributed by atoms with Crippen LogP contribution >= 0.6 is 23.2 Å². The van der Waals surface area contributed by atoms with E-state index in [4.69, 9.17) is 34.5 Å². The number of nitrogens with one attached hydrogen (secondary N) is 1. The van der Waals surface area contributed by atoms with Crippen LogP contribution in [-0.2, 0) is 0 Å². The molecular weight excluding hydrogens is 357 g/mol. The lowest BCUT2D eigenvalue weighted by molar-refractivity contribution is 0.862. The van der Waals surface area contributed by atoms with Gasteiger partial charge in [0, 0.05) is 27.5 Å². The van der Waals surface area contributed by atoms with Crippen molar-refractivity contribution in [3.05, 3.63) is 76.6 Å². The zero-order chi connectivity index (χ0) is 17.6. The van der Waals surface area contributed by atoms with Gasteiger partial charge in [0.15, 0.2) is 11.1 Å². The molecular formula is C18H13Cl2N5. The van der Waals surface area contributed by atoms with Crippen molar-refractivity contribution in [1.82, 2.24) is 14.2 Å². The number of rotatable bonds is 2. The summed E-state index contributed by atoms with van der Waals surface area (Å²) in [6.45, 7) is 0. The number of benzene rings is 2. The second-order valence-electron chi connectivity index (χ2n) is 5.60. The third-order valence-electron chi connectivity index (χ3n) is 4.04. The summed E-state index contributed by atoms with van der Waals surface area (Å²) in [4.78, 5) is 4.43. The first-order valence-corrected chi connectivity index (χ1v) is 8.24. The van der Waals surface area contributed by atoms with Crippen molar-refractivity contribution in [1.29, 1.82) is 5.41 Å². The molecule has 124 valence electrons. The van der Waals surface area contributed by atoms with Crippen LogP contribution in [0.25, 0.3) is 27.8 Å². The summed E-state index contributed by atoms with van der Waals surface area (Å²) in [5.41, 5.74) is 3.53. The molecule has 4 rings (SSSR count). The molecule has 0 unspecified atom stereocenters. The van der Waals surface area contributed by atoms with E-state index in [1.807, 2.05) is 59.3 Å². The smallest absolute Gasteiger partial charge is 0.156 e. The monoisotopic (exact) mass is 369 g/mol. The van der Waals surface area contributed by atoms with E-state index in [0.29, 0.717) is 21.1 Å². The van der Waals surface area contributed by atoms with Crippen molar-refractivity contribution in [3.8, 4) is 16.8 Å². The normalized spacial score (nSPS) is 11.1. The molecule has 0 aliphatic rings. The Labute approximate surface area is 153 Å². The number of nitrogen functional groups attached to an aromatic ring is 1. The second-order valence-corrected chi connectivity index (χ2v) is 6.47. The highest BCUT2D eigenvalue weighted by Crippen LogP contribution is 2.30. The van der Waals surface area contributed by atoms with Gasteiger partial charge < -0.3 is 10.4 Å². The van der Waals surface area contributed by atoms with Crippen LogP contribution in [0.1, 0.15) is 0 Å². The molecule has 2 aromatic carbocycles. The third kappa shape index (κ3) is 2.67. The van der Waals surface area contributed by atoms with E-state index < -0.39 is 0 Å². The first-order chi connectivity index (χ1) is 12.0. The molecule has 0 bridgehead atoms. The van der Waals surface area contributed by atoms with Crippen LogP contribution in [0.5, 0.6) is 0 Å². The molecule has 2 heterocycles. The summed E-state index contributed by atoms with van der Waals surface area (Å²) in [6.07, 6.45) is 3.38. The first kappa shape index (κ1) is 15.7. The van der Waals surface area contributed by atoms with Crippen molar-refractivity contribution in [2.75, 3.05) is 5.84 Å². The van der Waals surface area contributed by atoms with Gasteiger partial charge in [-0.1, -0.05) is 35.3 Å². The molecule has 7 heteroatoms. The van der Waals surface area contributed by atoms with Crippen LogP contribution in [0.15, 0.2) is 61.1 Å². The molecule has 0 saturated carbocycles. The summed E-state index contributed by atoms with van der Waals surface area (Å²) < 4.78 is 3.13. The maximum atomic E-state index is 8.37. The molecule has 0 radical (unpaired) electrons. The predicted molar refractivity (Wildman–Crippen MR) is 101 cm³/mol. The standard InChI is InChI=1S/C18H13Cl2N5/c19-12-3-1-11(2-4-12)15-9-24(14-7-5-13(20)6-8-14)18-16(15)17(21)25(22)10-23-18/h1-10,21H,22H2. The minimum absolute atomic E-state index is 0.183.